The lowest BCUT2D eigenvalue weighted by Gasteiger charge is -2.27. The van der Waals surface area contributed by atoms with Crippen molar-refractivity contribution in [3.63, 3.8) is 0 Å². The number of ether oxygens (including phenoxy) is 3. The summed E-state index contributed by atoms with van der Waals surface area (Å²) in [6.45, 7) is 3.29. The predicted octanol–water partition coefficient (Wildman–Crippen LogP) is 6.71. The van der Waals surface area contributed by atoms with Crippen molar-refractivity contribution in [2.24, 2.45) is 0 Å². The van der Waals surface area contributed by atoms with Crippen molar-refractivity contribution in [3.8, 4) is 28.5 Å². The molecule has 2 heterocycles. The van der Waals surface area contributed by atoms with E-state index in [2.05, 4.69) is 17.1 Å². The van der Waals surface area contributed by atoms with Crippen LogP contribution in [0.3, 0.4) is 0 Å². The number of rotatable bonds is 11. The normalized spacial score (nSPS) is 14.4. The van der Waals surface area contributed by atoms with Crippen molar-refractivity contribution in [3.05, 3.63) is 94.1 Å². The van der Waals surface area contributed by atoms with Crippen molar-refractivity contribution in [2.45, 2.75) is 32.2 Å². The molecule has 0 bridgehead atoms. The van der Waals surface area contributed by atoms with Gasteiger partial charge in [-0.05, 0) is 60.4 Å². The first-order chi connectivity index (χ1) is 19.0. The number of nitrogens with zero attached hydrogens (tertiary/aromatic N) is 2. The number of H-pyrrole nitrogens is 1. The Morgan fingerprint density at radius 3 is 2.54 bits per heavy atom. The van der Waals surface area contributed by atoms with Crippen LogP contribution in [0.5, 0.6) is 17.2 Å². The summed E-state index contributed by atoms with van der Waals surface area (Å²) in [4.78, 5) is 15.7. The standard InChI is InChI=1S/C31H32ClN3O4/c1-4-5-17-39-24-8-6-7-22(19-24)30-27-28(21-10-12-23(32)13-11-21)33-34-29(27)31(36)35(30)16-15-20-9-14-25(37-2)26(18-20)38-3/h6-14,18-19,30H,4-5,15-17H2,1-3H3,(H,33,34). The molecule has 39 heavy (non-hydrogen) atoms. The zero-order valence-corrected chi connectivity index (χ0v) is 23.1. The maximum atomic E-state index is 13.8. The molecule has 1 N–H and O–H groups in total. The molecule has 8 heteroatoms. The van der Waals surface area contributed by atoms with E-state index in [1.807, 2.05) is 71.6 Å². The second kappa shape index (κ2) is 11.8. The average molecular weight is 546 g/mol. The van der Waals surface area contributed by atoms with Crippen LogP contribution in [-0.2, 0) is 6.42 Å². The topological polar surface area (TPSA) is 76.7 Å². The Balaban J connectivity index is 1.51. The zero-order valence-electron chi connectivity index (χ0n) is 22.4. The van der Waals surface area contributed by atoms with Gasteiger partial charge in [0.15, 0.2) is 11.5 Å². The van der Waals surface area contributed by atoms with Gasteiger partial charge in [0.25, 0.3) is 5.91 Å². The number of unbranched alkanes of at least 4 members (excludes halogenated alkanes) is 1. The van der Waals surface area contributed by atoms with Gasteiger partial charge in [0.2, 0.25) is 0 Å². The Bertz CT molecular complexity index is 1450. The molecule has 1 unspecified atom stereocenters. The van der Waals surface area contributed by atoms with E-state index in [4.69, 9.17) is 25.8 Å². The minimum atomic E-state index is -0.327. The van der Waals surface area contributed by atoms with Crippen molar-refractivity contribution < 1.29 is 19.0 Å². The minimum absolute atomic E-state index is 0.0829. The van der Waals surface area contributed by atoms with Gasteiger partial charge in [-0.3, -0.25) is 9.89 Å². The lowest BCUT2D eigenvalue weighted by molar-refractivity contribution is 0.0745. The SMILES string of the molecule is CCCCOc1cccc(C2c3c(-c4ccc(Cl)cc4)n[nH]c3C(=O)N2CCc2ccc(OC)c(OC)c2)c1. The molecular weight excluding hydrogens is 514 g/mol. The molecule has 1 amide bonds. The van der Waals surface area contributed by atoms with Crippen LogP contribution in [0.4, 0.5) is 0 Å². The van der Waals surface area contributed by atoms with E-state index >= 15 is 0 Å². The summed E-state index contributed by atoms with van der Waals surface area (Å²) >= 11 is 6.15. The number of amides is 1. The molecule has 1 aromatic heterocycles. The summed E-state index contributed by atoms with van der Waals surface area (Å²) in [5, 5.41) is 8.23. The Kier molecular flexibility index (Phi) is 8.07. The lowest BCUT2D eigenvalue weighted by Crippen LogP contribution is -2.31. The fourth-order valence-corrected chi connectivity index (χ4v) is 5.12. The van der Waals surface area contributed by atoms with Crippen LogP contribution in [0.25, 0.3) is 11.3 Å². The second-order valence-electron chi connectivity index (χ2n) is 9.48. The van der Waals surface area contributed by atoms with E-state index < -0.39 is 0 Å². The monoisotopic (exact) mass is 545 g/mol. The molecule has 0 radical (unpaired) electrons. The molecule has 1 aliphatic heterocycles. The third-order valence-corrected chi connectivity index (χ3v) is 7.26. The van der Waals surface area contributed by atoms with Crippen molar-refractivity contribution >= 4 is 17.5 Å². The quantitative estimate of drug-likeness (QED) is 0.212. The molecule has 0 spiro atoms. The maximum absolute atomic E-state index is 13.8. The molecular formula is C31H32ClN3O4. The van der Waals surface area contributed by atoms with E-state index in [9.17, 15) is 4.79 Å². The van der Waals surface area contributed by atoms with E-state index in [1.54, 1.807) is 14.2 Å². The zero-order chi connectivity index (χ0) is 27.4. The minimum Gasteiger partial charge on any atom is -0.494 e. The van der Waals surface area contributed by atoms with Crippen LogP contribution in [0, 0.1) is 0 Å². The second-order valence-corrected chi connectivity index (χ2v) is 9.92. The Hall–Kier alpha value is -3.97. The van der Waals surface area contributed by atoms with Crippen molar-refractivity contribution in [1.82, 2.24) is 15.1 Å². The number of nitrogens with one attached hydrogen (secondary N) is 1. The Morgan fingerprint density at radius 2 is 1.79 bits per heavy atom. The van der Waals surface area contributed by atoms with Gasteiger partial charge in [0.05, 0.1) is 32.6 Å². The largest absolute Gasteiger partial charge is 0.494 e. The number of methoxy groups -OCH3 is 2. The summed E-state index contributed by atoms with van der Waals surface area (Å²) < 4.78 is 16.9. The maximum Gasteiger partial charge on any atom is 0.273 e. The number of aromatic amines is 1. The summed E-state index contributed by atoms with van der Waals surface area (Å²) in [5.74, 6) is 2.04. The number of halogens is 1. The molecule has 202 valence electrons. The van der Waals surface area contributed by atoms with Gasteiger partial charge in [0, 0.05) is 22.7 Å². The van der Waals surface area contributed by atoms with E-state index in [-0.39, 0.29) is 11.9 Å². The highest BCUT2D eigenvalue weighted by atomic mass is 35.5. The Morgan fingerprint density at radius 1 is 1.00 bits per heavy atom. The molecule has 3 aromatic carbocycles. The first-order valence-corrected chi connectivity index (χ1v) is 13.5. The third kappa shape index (κ3) is 5.45. The highest BCUT2D eigenvalue weighted by Crippen LogP contribution is 2.43. The van der Waals surface area contributed by atoms with Crippen LogP contribution in [0.15, 0.2) is 66.7 Å². The lowest BCUT2D eigenvalue weighted by atomic mass is 9.95. The van der Waals surface area contributed by atoms with Crippen molar-refractivity contribution in [1.29, 1.82) is 0 Å². The molecule has 1 aliphatic rings. The van der Waals surface area contributed by atoms with Gasteiger partial charge in [-0.25, -0.2) is 0 Å². The van der Waals surface area contributed by atoms with E-state index in [0.29, 0.717) is 41.8 Å². The number of carbonyl (C=O) groups is 1. The first kappa shape index (κ1) is 26.6. The van der Waals surface area contributed by atoms with Crippen LogP contribution in [0.1, 0.15) is 53.0 Å². The number of hydrogen-bond acceptors (Lipinski definition) is 5. The summed E-state index contributed by atoms with van der Waals surface area (Å²) in [7, 11) is 3.24. The van der Waals surface area contributed by atoms with Gasteiger partial charge in [-0.2, -0.15) is 5.10 Å². The highest BCUT2D eigenvalue weighted by Gasteiger charge is 2.42. The molecule has 5 rings (SSSR count). The molecule has 0 saturated heterocycles. The molecule has 7 nitrogen and oxygen atoms in total. The van der Waals surface area contributed by atoms with E-state index in [0.717, 1.165) is 46.5 Å². The van der Waals surface area contributed by atoms with Crippen LogP contribution >= 0.6 is 11.6 Å². The van der Waals surface area contributed by atoms with Crippen molar-refractivity contribution in [2.75, 3.05) is 27.4 Å². The van der Waals surface area contributed by atoms with Crippen LogP contribution in [0.2, 0.25) is 5.02 Å². The molecule has 0 saturated carbocycles. The van der Waals surface area contributed by atoms with Gasteiger partial charge < -0.3 is 19.1 Å². The van der Waals surface area contributed by atoms with Gasteiger partial charge in [-0.15, -0.1) is 0 Å². The predicted molar refractivity (Wildman–Crippen MR) is 152 cm³/mol. The number of benzene rings is 3. The summed E-state index contributed by atoms with van der Waals surface area (Å²) in [6.07, 6.45) is 2.68. The fraction of sp³-hybridized carbons (Fsp3) is 0.290. The molecule has 0 aliphatic carbocycles. The van der Waals surface area contributed by atoms with E-state index in [1.165, 1.54) is 0 Å². The summed E-state index contributed by atoms with van der Waals surface area (Å²) in [6, 6.07) is 21.1. The van der Waals surface area contributed by atoms with Gasteiger partial charge in [-0.1, -0.05) is 55.3 Å². The number of aromatic nitrogens is 2. The first-order valence-electron chi connectivity index (χ1n) is 13.1. The molecule has 1 atom stereocenters. The number of carbonyl (C=O) groups excluding carboxylic acids is 1. The third-order valence-electron chi connectivity index (χ3n) is 7.01. The molecule has 0 fully saturated rings. The summed E-state index contributed by atoms with van der Waals surface area (Å²) in [5.41, 5.74) is 5.02. The van der Waals surface area contributed by atoms with Crippen LogP contribution < -0.4 is 14.2 Å². The van der Waals surface area contributed by atoms with Gasteiger partial charge in [0.1, 0.15) is 11.4 Å². The fourth-order valence-electron chi connectivity index (χ4n) is 5.00. The smallest absolute Gasteiger partial charge is 0.273 e. The average Bonchev–Trinajstić information content (AvgIpc) is 3.51. The molecule has 4 aromatic rings. The highest BCUT2D eigenvalue weighted by molar-refractivity contribution is 6.30. The number of fused-ring (bicyclic) bond motifs is 1. The number of hydrogen-bond donors (Lipinski definition) is 1. The van der Waals surface area contributed by atoms with Crippen LogP contribution in [-0.4, -0.2) is 48.4 Å². The van der Waals surface area contributed by atoms with Gasteiger partial charge >= 0.3 is 0 Å². The Labute approximate surface area is 233 Å².